The molecular formula is C20H28N2O2. The summed E-state index contributed by atoms with van der Waals surface area (Å²) >= 11 is 0. The van der Waals surface area contributed by atoms with E-state index in [2.05, 4.69) is 30.8 Å². The normalized spacial score (nSPS) is 18.8. The second-order valence-corrected chi connectivity index (χ2v) is 7.25. The smallest absolute Gasteiger partial charge is 0.253 e. The fourth-order valence-corrected chi connectivity index (χ4v) is 2.83. The Hall–Kier alpha value is -1.83. The van der Waals surface area contributed by atoms with Gasteiger partial charge in [-0.15, -0.1) is 0 Å². The van der Waals surface area contributed by atoms with E-state index in [1.165, 1.54) is 0 Å². The quantitative estimate of drug-likeness (QED) is 0.848. The first-order chi connectivity index (χ1) is 11.3. The van der Waals surface area contributed by atoms with Crippen molar-refractivity contribution in [3.8, 4) is 11.8 Å². The molecule has 1 heterocycles. The van der Waals surface area contributed by atoms with Gasteiger partial charge in [0.25, 0.3) is 5.91 Å². The van der Waals surface area contributed by atoms with E-state index in [4.69, 9.17) is 0 Å². The molecular weight excluding hydrogens is 300 g/mol. The zero-order valence-electron chi connectivity index (χ0n) is 15.2. The Kier molecular flexibility index (Phi) is 6.04. The SMILES string of the molecule is CN(C)C1CCCCN(C(=O)c2ccc(C#CC(C)(C)O)cc2)C1. The lowest BCUT2D eigenvalue weighted by atomic mass is 10.1. The first kappa shape index (κ1) is 18.5. The maximum Gasteiger partial charge on any atom is 0.253 e. The highest BCUT2D eigenvalue weighted by Gasteiger charge is 2.23. The van der Waals surface area contributed by atoms with Crippen molar-refractivity contribution in [1.82, 2.24) is 9.80 Å². The van der Waals surface area contributed by atoms with Crippen molar-refractivity contribution in [1.29, 1.82) is 0 Å². The van der Waals surface area contributed by atoms with Crippen LogP contribution in [0.25, 0.3) is 0 Å². The third-order valence-corrected chi connectivity index (χ3v) is 4.31. The molecule has 0 radical (unpaired) electrons. The van der Waals surface area contributed by atoms with Gasteiger partial charge in [0.2, 0.25) is 0 Å². The zero-order valence-corrected chi connectivity index (χ0v) is 15.2. The second kappa shape index (κ2) is 7.83. The topological polar surface area (TPSA) is 43.8 Å². The molecule has 1 atom stereocenters. The van der Waals surface area contributed by atoms with Crippen LogP contribution in [0.15, 0.2) is 24.3 Å². The number of hydrogen-bond donors (Lipinski definition) is 1. The van der Waals surface area contributed by atoms with E-state index < -0.39 is 5.60 Å². The Balaban J connectivity index is 2.09. The molecule has 24 heavy (non-hydrogen) atoms. The standard InChI is InChI=1S/C20H28N2O2/c1-20(2,24)13-12-16-8-10-17(11-9-16)19(23)22-14-6-5-7-18(15-22)21(3)4/h8-11,18,24H,5-7,14-15H2,1-4H3. The molecule has 1 amide bonds. The van der Waals surface area contributed by atoms with E-state index >= 15 is 0 Å². The first-order valence-corrected chi connectivity index (χ1v) is 8.57. The van der Waals surface area contributed by atoms with E-state index in [9.17, 15) is 9.90 Å². The monoisotopic (exact) mass is 328 g/mol. The lowest BCUT2D eigenvalue weighted by Crippen LogP contribution is -2.41. The molecule has 1 aliphatic heterocycles. The molecule has 0 spiro atoms. The number of likely N-dealkylation sites (tertiary alicyclic amines) is 1. The molecule has 0 saturated carbocycles. The van der Waals surface area contributed by atoms with Crippen molar-refractivity contribution >= 4 is 5.91 Å². The summed E-state index contributed by atoms with van der Waals surface area (Å²) < 4.78 is 0. The maximum absolute atomic E-state index is 12.8. The second-order valence-electron chi connectivity index (χ2n) is 7.25. The van der Waals surface area contributed by atoms with Crippen molar-refractivity contribution in [2.24, 2.45) is 0 Å². The molecule has 0 aromatic heterocycles. The highest BCUT2D eigenvalue weighted by atomic mass is 16.3. The number of amides is 1. The predicted molar refractivity (Wildman–Crippen MR) is 96.8 cm³/mol. The van der Waals surface area contributed by atoms with Crippen molar-refractivity contribution < 1.29 is 9.90 Å². The summed E-state index contributed by atoms with van der Waals surface area (Å²) in [7, 11) is 4.16. The van der Waals surface area contributed by atoms with Crippen LogP contribution >= 0.6 is 0 Å². The first-order valence-electron chi connectivity index (χ1n) is 8.57. The van der Waals surface area contributed by atoms with Gasteiger partial charge < -0.3 is 14.9 Å². The average Bonchev–Trinajstić information content (AvgIpc) is 2.78. The van der Waals surface area contributed by atoms with Crippen LogP contribution in [0.5, 0.6) is 0 Å². The Morgan fingerprint density at radius 3 is 2.50 bits per heavy atom. The van der Waals surface area contributed by atoms with Gasteiger partial charge in [0.1, 0.15) is 5.60 Å². The molecule has 1 aromatic carbocycles. The van der Waals surface area contributed by atoms with Gasteiger partial charge in [-0.1, -0.05) is 18.3 Å². The number of nitrogens with zero attached hydrogens (tertiary/aromatic N) is 2. The molecule has 1 aliphatic rings. The summed E-state index contributed by atoms with van der Waals surface area (Å²) in [5.74, 6) is 5.80. The fraction of sp³-hybridized carbons (Fsp3) is 0.550. The van der Waals surface area contributed by atoms with E-state index in [1.807, 2.05) is 29.2 Å². The molecule has 4 heteroatoms. The number of carbonyl (C=O) groups is 1. The molecule has 0 aliphatic carbocycles. The third kappa shape index (κ3) is 5.36. The van der Waals surface area contributed by atoms with Crippen LogP contribution in [0.4, 0.5) is 0 Å². The van der Waals surface area contributed by atoms with Gasteiger partial charge in [-0.05, 0) is 65.0 Å². The molecule has 1 N–H and O–H groups in total. The molecule has 1 saturated heterocycles. The Labute approximate surface area is 145 Å². The van der Waals surface area contributed by atoms with Gasteiger partial charge >= 0.3 is 0 Å². The van der Waals surface area contributed by atoms with Gasteiger partial charge in [0, 0.05) is 30.3 Å². The number of hydrogen-bond acceptors (Lipinski definition) is 3. The average molecular weight is 328 g/mol. The van der Waals surface area contributed by atoms with Crippen molar-refractivity contribution in [3.05, 3.63) is 35.4 Å². The van der Waals surface area contributed by atoms with Crippen molar-refractivity contribution in [3.63, 3.8) is 0 Å². The van der Waals surface area contributed by atoms with Gasteiger partial charge in [-0.25, -0.2) is 0 Å². The summed E-state index contributed by atoms with van der Waals surface area (Å²) in [5.41, 5.74) is 0.487. The van der Waals surface area contributed by atoms with Gasteiger partial charge in [-0.3, -0.25) is 4.79 Å². The van der Waals surface area contributed by atoms with Crippen LogP contribution in [0, 0.1) is 11.8 Å². The number of likely N-dealkylation sites (N-methyl/N-ethyl adjacent to an activating group) is 1. The van der Waals surface area contributed by atoms with E-state index in [1.54, 1.807) is 13.8 Å². The van der Waals surface area contributed by atoms with E-state index in [0.29, 0.717) is 11.6 Å². The Morgan fingerprint density at radius 1 is 1.25 bits per heavy atom. The van der Waals surface area contributed by atoms with Crippen molar-refractivity contribution in [2.45, 2.75) is 44.8 Å². The number of carbonyl (C=O) groups excluding carboxylic acids is 1. The summed E-state index contributed by atoms with van der Waals surface area (Å²) in [4.78, 5) is 17.0. The van der Waals surface area contributed by atoms with Gasteiger partial charge in [0.05, 0.1) is 0 Å². The van der Waals surface area contributed by atoms with Crippen LogP contribution in [-0.2, 0) is 0 Å². The van der Waals surface area contributed by atoms with Gasteiger partial charge in [-0.2, -0.15) is 0 Å². The number of benzene rings is 1. The predicted octanol–water partition coefficient (Wildman–Crippen LogP) is 2.37. The minimum atomic E-state index is -1.01. The minimum absolute atomic E-state index is 0.0887. The van der Waals surface area contributed by atoms with E-state index in [-0.39, 0.29) is 5.91 Å². The number of rotatable bonds is 2. The van der Waals surface area contributed by atoms with Crippen LogP contribution in [-0.4, -0.2) is 59.6 Å². The lowest BCUT2D eigenvalue weighted by molar-refractivity contribution is 0.0725. The molecule has 130 valence electrons. The molecule has 4 nitrogen and oxygen atoms in total. The molecule has 1 unspecified atom stereocenters. The minimum Gasteiger partial charge on any atom is -0.378 e. The molecule has 0 bridgehead atoms. The summed E-state index contributed by atoms with van der Waals surface area (Å²) in [6.07, 6.45) is 3.37. The molecule has 1 fully saturated rings. The maximum atomic E-state index is 12.8. The highest BCUT2D eigenvalue weighted by molar-refractivity contribution is 5.94. The number of aliphatic hydroxyl groups is 1. The Morgan fingerprint density at radius 2 is 1.92 bits per heavy atom. The fourth-order valence-electron chi connectivity index (χ4n) is 2.83. The van der Waals surface area contributed by atoms with Crippen LogP contribution in [0.3, 0.4) is 0 Å². The Bertz CT molecular complexity index is 618. The van der Waals surface area contributed by atoms with Crippen LogP contribution in [0.2, 0.25) is 0 Å². The zero-order chi connectivity index (χ0) is 17.7. The lowest BCUT2D eigenvalue weighted by Gasteiger charge is -2.28. The van der Waals surface area contributed by atoms with Crippen LogP contribution < -0.4 is 0 Å². The molecule has 1 aromatic rings. The molecule has 2 rings (SSSR count). The van der Waals surface area contributed by atoms with Crippen molar-refractivity contribution in [2.75, 3.05) is 27.2 Å². The largest absolute Gasteiger partial charge is 0.378 e. The summed E-state index contributed by atoms with van der Waals surface area (Å²) in [6, 6.07) is 7.76. The van der Waals surface area contributed by atoms with Crippen LogP contribution in [0.1, 0.15) is 49.0 Å². The van der Waals surface area contributed by atoms with Gasteiger partial charge in [0.15, 0.2) is 0 Å². The third-order valence-electron chi connectivity index (χ3n) is 4.31. The van der Waals surface area contributed by atoms with E-state index in [0.717, 1.165) is 37.9 Å². The summed E-state index contributed by atoms with van der Waals surface area (Å²) in [5, 5.41) is 9.65. The highest BCUT2D eigenvalue weighted by Crippen LogP contribution is 2.17. The summed E-state index contributed by atoms with van der Waals surface area (Å²) in [6.45, 7) is 4.91.